The molecule has 1 unspecified atom stereocenters. The van der Waals surface area contributed by atoms with E-state index >= 15 is 0 Å². The molecule has 6 nitrogen and oxygen atoms in total. The Labute approximate surface area is 383 Å². The van der Waals surface area contributed by atoms with E-state index in [1.54, 1.807) is 0 Å². The van der Waals surface area contributed by atoms with Gasteiger partial charge < -0.3 is 14.2 Å². The number of carbonyl (C=O) groups excluding carboxylic acids is 3. The van der Waals surface area contributed by atoms with Gasteiger partial charge in [0.25, 0.3) is 0 Å². The van der Waals surface area contributed by atoms with Gasteiger partial charge in [-0.15, -0.1) is 0 Å². The summed E-state index contributed by atoms with van der Waals surface area (Å²) in [6, 6.07) is 0. The normalized spacial score (nSPS) is 13.6. The summed E-state index contributed by atoms with van der Waals surface area (Å²) in [6.07, 6.45) is 73.5. The minimum atomic E-state index is -0.848. The molecule has 0 heterocycles. The minimum absolute atomic E-state index is 0.143. The summed E-state index contributed by atoms with van der Waals surface area (Å²) >= 11 is 0. The van der Waals surface area contributed by atoms with Crippen molar-refractivity contribution in [1.29, 1.82) is 0 Å². The Morgan fingerprint density at radius 1 is 0.333 bits per heavy atom. The largest absolute Gasteiger partial charge is 0.462 e. The van der Waals surface area contributed by atoms with E-state index in [0.717, 1.165) is 89.9 Å². The number of allylic oxidation sites excluding steroid dienone is 28. The summed E-state index contributed by atoms with van der Waals surface area (Å²) in [5.41, 5.74) is 0. The summed E-state index contributed by atoms with van der Waals surface area (Å²) in [5, 5.41) is 0. The van der Waals surface area contributed by atoms with E-state index in [0.29, 0.717) is 19.3 Å². The summed E-state index contributed by atoms with van der Waals surface area (Å²) in [4.78, 5) is 37.8. The summed E-state index contributed by atoms with van der Waals surface area (Å²) < 4.78 is 16.6. The van der Waals surface area contributed by atoms with E-state index in [9.17, 15) is 14.4 Å². The molecule has 0 aliphatic carbocycles. The number of hydrogen-bond acceptors (Lipinski definition) is 6. The number of hydrogen-bond donors (Lipinski definition) is 0. The molecule has 0 bridgehead atoms. The van der Waals surface area contributed by atoms with Gasteiger partial charge in [0.15, 0.2) is 6.10 Å². The van der Waals surface area contributed by atoms with Crippen LogP contribution in [0.25, 0.3) is 0 Å². The van der Waals surface area contributed by atoms with Crippen LogP contribution in [0.1, 0.15) is 149 Å². The lowest BCUT2D eigenvalue weighted by Crippen LogP contribution is -2.30. The molecule has 0 aromatic rings. The second-order valence-electron chi connectivity index (χ2n) is 14.7. The minimum Gasteiger partial charge on any atom is -0.462 e. The van der Waals surface area contributed by atoms with Gasteiger partial charge >= 0.3 is 17.9 Å². The Bertz CT molecular complexity index is 1550. The molecule has 0 aliphatic rings. The zero-order chi connectivity index (χ0) is 45.8. The van der Waals surface area contributed by atoms with Gasteiger partial charge in [-0.2, -0.15) is 0 Å². The van der Waals surface area contributed by atoms with Gasteiger partial charge in [0.2, 0.25) is 0 Å². The molecule has 6 heteroatoms. The summed E-state index contributed by atoms with van der Waals surface area (Å²) in [7, 11) is 0. The fourth-order valence-electron chi connectivity index (χ4n) is 5.44. The molecule has 1 atom stereocenters. The molecular weight excluding hydrogens is 781 g/mol. The summed E-state index contributed by atoms with van der Waals surface area (Å²) in [5.74, 6) is -1.10. The third kappa shape index (κ3) is 47.7. The molecule has 0 rings (SSSR count). The fraction of sp³-hybridized carbons (Fsp3) is 0.456. The first-order chi connectivity index (χ1) is 31.0. The average Bonchev–Trinajstić information content (AvgIpc) is 3.28. The third-order valence-electron chi connectivity index (χ3n) is 8.89. The van der Waals surface area contributed by atoms with Crippen molar-refractivity contribution in [3.63, 3.8) is 0 Å². The molecule has 0 radical (unpaired) electrons. The van der Waals surface area contributed by atoms with Crippen molar-refractivity contribution in [3.8, 4) is 0 Å². The van der Waals surface area contributed by atoms with Crippen LogP contribution in [0.4, 0.5) is 0 Å². The zero-order valence-corrected chi connectivity index (χ0v) is 39.2. The highest BCUT2D eigenvalue weighted by Gasteiger charge is 2.19. The van der Waals surface area contributed by atoms with Crippen LogP contribution < -0.4 is 0 Å². The van der Waals surface area contributed by atoms with Crippen LogP contribution in [0.5, 0.6) is 0 Å². The average molecular weight is 863 g/mol. The number of rotatable bonds is 39. The smallest absolute Gasteiger partial charge is 0.306 e. The number of carbonyl (C=O) groups is 3. The Kier molecular flexibility index (Phi) is 45.3. The molecule has 0 saturated heterocycles. The molecule has 0 spiro atoms. The van der Waals surface area contributed by atoms with Crippen LogP contribution in [0.3, 0.4) is 0 Å². The molecule has 0 fully saturated rings. The first-order valence-electron chi connectivity index (χ1n) is 23.7. The maximum absolute atomic E-state index is 12.7. The predicted molar refractivity (Wildman–Crippen MR) is 269 cm³/mol. The standard InChI is InChI=1S/C57H82O6/c1-4-7-10-13-16-19-21-23-25-27-28-30-31-33-35-38-41-44-47-50-56(59)62-53-54(52-61-55(58)49-46-43-40-37-18-15-12-9-6-3)63-57(60)51-48-45-42-39-36-34-32-29-26-24-22-20-17-14-11-8-5-2/h7-13,16-21,23-28,30-35,37,39,42,54H,4-6,14-15,22,29,36,38,40-41,43-53H2,1-3H3/b10-7-,11-8-,12-9-,16-13-,20-17-,21-19-,25-23-,26-24-,28-27+,31-30-,34-32-,35-33-,37-18-,42-39-. The van der Waals surface area contributed by atoms with E-state index in [1.165, 1.54) is 0 Å². The lowest BCUT2D eigenvalue weighted by molar-refractivity contribution is -0.167. The van der Waals surface area contributed by atoms with Gasteiger partial charge in [0.05, 0.1) is 0 Å². The molecule has 0 aromatic carbocycles. The monoisotopic (exact) mass is 863 g/mol. The molecule has 346 valence electrons. The highest BCUT2D eigenvalue weighted by molar-refractivity contribution is 5.71. The molecule has 0 N–H and O–H groups in total. The molecule has 0 aliphatic heterocycles. The van der Waals surface area contributed by atoms with Gasteiger partial charge in [-0.3, -0.25) is 14.4 Å². The van der Waals surface area contributed by atoms with Gasteiger partial charge in [0.1, 0.15) is 13.2 Å². The first kappa shape index (κ1) is 57.8. The van der Waals surface area contributed by atoms with Crippen molar-refractivity contribution in [1.82, 2.24) is 0 Å². The van der Waals surface area contributed by atoms with E-state index in [1.807, 2.05) is 72.9 Å². The van der Waals surface area contributed by atoms with Crippen molar-refractivity contribution in [2.45, 2.75) is 155 Å². The summed E-state index contributed by atoms with van der Waals surface area (Å²) in [6.45, 7) is 6.08. The second-order valence-corrected chi connectivity index (χ2v) is 14.7. The maximum atomic E-state index is 12.7. The zero-order valence-electron chi connectivity index (χ0n) is 39.2. The van der Waals surface area contributed by atoms with E-state index in [-0.39, 0.29) is 44.4 Å². The quantitative estimate of drug-likeness (QED) is 0.0201. The number of unbranched alkanes of at least 4 members (excludes halogenated alkanes) is 6. The molecule has 0 aromatic heterocycles. The van der Waals surface area contributed by atoms with E-state index in [4.69, 9.17) is 14.2 Å². The molecule has 0 saturated carbocycles. The van der Waals surface area contributed by atoms with Crippen LogP contribution in [0.2, 0.25) is 0 Å². The Hall–Kier alpha value is -5.23. The second kappa shape index (κ2) is 49.4. The highest BCUT2D eigenvalue weighted by atomic mass is 16.6. The first-order valence-corrected chi connectivity index (χ1v) is 23.7. The van der Waals surface area contributed by atoms with Crippen molar-refractivity contribution < 1.29 is 28.6 Å². The van der Waals surface area contributed by atoms with E-state index in [2.05, 4.69) is 118 Å². The van der Waals surface area contributed by atoms with Crippen molar-refractivity contribution in [2.24, 2.45) is 0 Å². The van der Waals surface area contributed by atoms with Gasteiger partial charge in [-0.1, -0.05) is 197 Å². The van der Waals surface area contributed by atoms with Gasteiger partial charge in [0, 0.05) is 19.3 Å². The van der Waals surface area contributed by atoms with Crippen LogP contribution in [0.15, 0.2) is 170 Å². The third-order valence-corrected chi connectivity index (χ3v) is 8.89. The Morgan fingerprint density at radius 2 is 0.667 bits per heavy atom. The molecule has 0 amide bonds. The van der Waals surface area contributed by atoms with Crippen molar-refractivity contribution in [2.75, 3.05) is 13.2 Å². The topological polar surface area (TPSA) is 78.9 Å². The Balaban J connectivity index is 4.62. The van der Waals surface area contributed by atoms with Gasteiger partial charge in [-0.05, 0) is 103 Å². The molecular formula is C57H82O6. The van der Waals surface area contributed by atoms with Crippen LogP contribution in [-0.2, 0) is 28.6 Å². The highest BCUT2D eigenvalue weighted by Crippen LogP contribution is 2.09. The van der Waals surface area contributed by atoms with Crippen molar-refractivity contribution in [3.05, 3.63) is 170 Å². The number of ether oxygens (including phenoxy) is 3. The van der Waals surface area contributed by atoms with Crippen molar-refractivity contribution >= 4 is 17.9 Å². The van der Waals surface area contributed by atoms with Gasteiger partial charge in [-0.25, -0.2) is 0 Å². The van der Waals surface area contributed by atoms with Crippen LogP contribution >= 0.6 is 0 Å². The molecule has 63 heavy (non-hydrogen) atoms. The lowest BCUT2D eigenvalue weighted by Gasteiger charge is -2.18. The van der Waals surface area contributed by atoms with Crippen LogP contribution in [-0.4, -0.2) is 37.2 Å². The predicted octanol–water partition coefficient (Wildman–Crippen LogP) is 15.6. The SMILES string of the molecule is CC\C=C/C=C\C=C/C=C\C=C\C=C/C=C\CCCCCC(=O)OCC(COC(=O)CCCC/C=C\C/C=C\CC)OC(=O)CCC/C=C\C/C=C\C/C=C\C/C=C\C/C=C\CC. The fourth-order valence-corrected chi connectivity index (χ4v) is 5.44. The maximum Gasteiger partial charge on any atom is 0.306 e. The number of esters is 3. The van der Waals surface area contributed by atoms with Crippen LogP contribution in [0, 0.1) is 0 Å². The lowest BCUT2D eigenvalue weighted by atomic mass is 10.1. The van der Waals surface area contributed by atoms with E-state index < -0.39 is 12.1 Å². The Morgan fingerprint density at radius 3 is 1.13 bits per heavy atom.